The number of oxazole rings is 1. The number of likely N-dealkylation sites (tertiary alicyclic amines) is 1. The van der Waals surface area contributed by atoms with Gasteiger partial charge in [0, 0.05) is 35.7 Å². The number of rotatable bonds is 6. The number of anilines is 1. The number of carbonyl (C=O) groups excluding carboxylic acids is 1. The number of amides is 1. The van der Waals surface area contributed by atoms with Crippen LogP contribution in [0, 0.1) is 5.82 Å². The third kappa shape index (κ3) is 4.82. The average molecular weight is 438 g/mol. The van der Waals surface area contributed by atoms with E-state index in [-0.39, 0.29) is 17.8 Å². The highest BCUT2D eigenvalue weighted by atomic mass is 32.2. The molecule has 7 heteroatoms. The fourth-order valence-corrected chi connectivity index (χ4v) is 4.49. The van der Waals surface area contributed by atoms with Gasteiger partial charge >= 0.3 is 0 Å². The molecule has 0 radical (unpaired) electrons. The van der Waals surface area contributed by atoms with E-state index in [0.717, 1.165) is 21.8 Å². The van der Waals surface area contributed by atoms with Crippen LogP contribution in [-0.4, -0.2) is 34.9 Å². The number of fused-ring (bicyclic) bond motifs is 1. The predicted octanol–water partition coefficient (Wildman–Crippen LogP) is 5.68. The largest absolute Gasteiger partial charge is 0.423 e. The van der Waals surface area contributed by atoms with Crippen molar-refractivity contribution in [3.05, 3.63) is 77.0 Å². The number of benzene rings is 2. The number of hydrogen-bond acceptors (Lipinski definition) is 5. The van der Waals surface area contributed by atoms with Crippen molar-refractivity contribution in [3.63, 3.8) is 0 Å². The molecular weight excluding hydrogens is 413 g/mol. The van der Waals surface area contributed by atoms with E-state index in [9.17, 15) is 9.18 Å². The van der Waals surface area contributed by atoms with Crippen LogP contribution in [0.5, 0.6) is 0 Å². The van der Waals surface area contributed by atoms with Crippen molar-refractivity contribution in [2.45, 2.75) is 26.3 Å². The molecule has 1 aromatic heterocycles. The van der Waals surface area contributed by atoms with Gasteiger partial charge < -0.3 is 14.6 Å². The van der Waals surface area contributed by atoms with Gasteiger partial charge in [-0.05, 0) is 42.9 Å². The summed E-state index contributed by atoms with van der Waals surface area (Å²) in [6.07, 6.45) is 0.778. The lowest BCUT2D eigenvalue weighted by Crippen LogP contribution is -2.32. The molecule has 0 bridgehead atoms. The molecule has 31 heavy (non-hydrogen) atoms. The van der Waals surface area contributed by atoms with Gasteiger partial charge in [-0.25, -0.2) is 4.39 Å². The maximum Gasteiger partial charge on any atom is 0.295 e. The number of allylic oxidation sites excluding steroid dienone is 1. The van der Waals surface area contributed by atoms with Crippen molar-refractivity contribution >= 4 is 39.7 Å². The molecule has 0 spiro atoms. The number of nitrogens with zero attached hydrogens (tertiary/aromatic N) is 2. The predicted molar refractivity (Wildman–Crippen MR) is 124 cm³/mol. The summed E-state index contributed by atoms with van der Waals surface area (Å²) in [4.78, 5) is 21.3. The number of aromatic nitrogens is 1. The fraction of sp³-hybridized carbons (Fsp3) is 0.250. The van der Waals surface area contributed by atoms with Gasteiger partial charge in [-0.1, -0.05) is 48.7 Å². The fourth-order valence-electron chi connectivity index (χ4n) is 3.65. The van der Waals surface area contributed by atoms with Crippen LogP contribution in [-0.2, 0) is 4.79 Å². The van der Waals surface area contributed by atoms with Crippen molar-refractivity contribution in [3.8, 4) is 0 Å². The monoisotopic (exact) mass is 437 g/mol. The first-order valence-corrected chi connectivity index (χ1v) is 10.9. The number of nitrogens with one attached hydrogen (secondary N) is 1. The molecule has 3 aromatic rings. The Morgan fingerprint density at radius 1 is 1.26 bits per heavy atom. The Morgan fingerprint density at radius 3 is 2.77 bits per heavy atom. The molecule has 2 heterocycles. The van der Waals surface area contributed by atoms with Crippen molar-refractivity contribution in [2.24, 2.45) is 0 Å². The minimum atomic E-state index is -0.364. The Hall–Kier alpha value is -3.06. The van der Waals surface area contributed by atoms with Crippen LogP contribution in [0.25, 0.3) is 16.0 Å². The Morgan fingerprint density at radius 2 is 2.03 bits per heavy atom. The van der Waals surface area contributed by atoms with Gasteiger partial charge in [-0.2, -0.15) is 4.98 Å². The van der Waals surface area contributed by atoms with Crippen LogP contribution in [0.2, 0.25) is 0 Å². The molecule has 0 aliphatic carbocycles. The minimum absolute atomic E-state index is 0.0107. The average Bonchev–Trinajstić information content (AvgIpc) is 3.38. The summed E-state index contributed by atoms with van der Waals surface area (Å²) in [6, 6.07) is 14.5. The third-order valence-electron chi connectivity index (χ3n) is 5.13. The van der Waals surface area contributed by atoms with Gasteiger partial charge in [-0.3, -0.25) is 4.79 Å². The molecule has 2 aromatic carbocycles. The van der Waals surface area contributed by atoms with E-state index in [1.54, 1.807) is 6.07 Å². The molecule has 1 atom stereocenters. The smallest absolute Gasteiger partial charge is 0.295 e. The van der Waals surface area contributed by atoms with Gasteiger partial charge in [-0.15, -0.1) is 0 Å². The van der Waals surface area contributed by atoms with E-state index in [4.69, 9.17) is 4.42 Å². The zero-order chi connectivity index (χ0) is 22.0. The van der Waals surface area contributed by atoms with Crippen LogP contribution < -0.4 is 5.32 Å². The molecule has 1 fully saturated rings. The lowest BCUT2D eigenvalue weighted by Gasteiger charge is -2.19. The summed E-state index contributed by atoms with van der Waals surface area (Å²) < 4.78 is 19.0. The zero-order valence-electron chi connectivity index (χ0n) is 17.5. The molecule has 0 saturated carbocycles. The molecule has 160 valence electrons. The first-order chi connectivity index (χ1) is 14.9. The summed E-state index contributed by atoms with van der Waals surface area (Å²) in [6.45, 7) is 8.99. The summed E-state index contributed by atoms with van der Waals surface area (Å²) in [5.41, 5.74) is 2.71. The molecule has 5 nitrogen and oxygen atoms in total. The first kappa shape index (κ1) is 21.2. The highest BCUT2D eigenvalue weighted by Gasteiger charge is 2.29. The number of carbonyl (C=O) groups is 1. The van der Waals surface area contributed by atoms with E-state index in [0.29, 0.717) is 35.8 Å². The molecule has 1 aliphatic heterocycles. The lowest BCUT2D eigenvalue weighted by atomic mass is 10.1. The molecule has 1 unspecified atom stereocenters. The lowest BCUT2D eigenvalue weighted by molar-refractivity contribution is -0.126. The summed E-state index contributed by atoms with van der Waals surface area (Å²) in [5.74, 6) is -0.353. The Bertz CT molecular complexity index is 1160. The van der Waals surface area contributed by atoms with Crippen LogP contribution in [0.1, 0.15) is 25.8 Å². The third-order valence-corrected chi connectivity index (χ3v) is 6.22. The van der Waals surface area contributed by atoms with Gasteiger partial charge in [0.05, 0.1) is 0 Å². The second kappa shape index (κ2) is 8.98. The van der Waals surface area contributed by atoms with Crippen LogP contribution >= 0.6 is 11.8 Å². The Labute approximate surface area is 185 Å². The van der Waals surface area contributed by atoms with Crippen molar-refractivity contribution in [1.82, 2.24) is 9.88 Å². The van der Waals surface area contributed by atoms with E-state index in [2.05, 4.69) is 16.9 Å². The zero-order valence-corrected chi connectivity index (χ0v) is 18.3. The summed E-state index contributed by atoms with van der Waals surface area (Å²) >= 11 is 1.52. The molecule has 1 amide bonds. The second-order valence-electron chi connectivity index (χ2n) is 7.64. The highest BCUT2D eigenvalue weighted by Crippen LogP contribution is 2.36. The number of thioether (sulfide) groups is 1. The van der Waals surface area contributed by atoms with Gasteiger partial charge in [0.2, 0.25) is 0 Å². The molecule has 1 N–H and O–H groups in total. The first-order valence-electron chi connectivity index (χ1n) is 10.1. The Balaban J connectivity index is 1.48. The van der Waals surface area contributed by atoms with E-state index >= 15 is 0 Å². The molecular formula is C24H24FN3O2S. The molecule has 4 rings (SSSR count). The van der Waals surface area contributed by atoms with Gasteiger partial charge in [0.1, 0.15) is 11.3 Å². The summed E-state index contributed by atoms with van der Waals surface area (Å²) in [7, 11) is 0. The van der Waals surface area contributed by atoms with Gasteiger partial charge in [0.25, 0.3) is 11.9 Å². The standard InChI is InChI=1S/C24H24FN3O2S/c1-15(2)31-22(17-7-5-4-6-8-17)16(3)23(29)28-12-11-19(14-28)26-24-27-20-10-9-18(25)13-21(20)30-24/h4-10,13,19H,1,11-12,14H2,2-3H3,(H,26,27)/b22-16+. The van der Waals surface area contributed by atoms with Crippen LogP contribution in [0.3, 0.4) is 0 Å². The van der Waals surface area contributed by atoms with E-state index in [1.807, 2.05) is 49.1 Å². The topological polar surface area (TPSA) is 58.4 Å². The van der Waals surface area contributed by atoms with E-state index < -0.39 is 0 Å². The normalized spacial score (nSPS) is 17.0. The second-order valence-corrected chi connectivity index (χ2v) is 8.95. The van der Waals surface area contributed by atoms with Crippen LogP contribution in [0.15, 0.2) is 70.0 Å². The van der Waals surface area contributed by atoms with Crippen molar-refractivity contribution < 1.29 is 13.6 Å². The van der Waals surface area contributed by atoms with Gasteiger partial charge in [0.15, 0.2) is 5.58 Å². The number of halogens is 1. The SMILES string of the molecule is C=C(C)S/C(=C(\C)C(=O)N1CCC(Nc2nc3ccc(F)cc3o2)C1)c1ccccc1. The quantitative estimate of drug-likeness (QED) is 0.503. The van der Waals surface area contributed by atoms with Crippen molar-refractivity contribution in [1.29, 1.82) is 0 Å². The minimum Gasteiger partial charge on any atom is -0.423 e. The maximum atomic E-state index is 13.4. The number of hydrogen-bond donors (Lipinski definition) is 1. The highest BCUT2D eigenvalue weighted by molar-refractivity contribution is 8.11. The van der Waals surface area contributed by atoms with Crippen molar-refractivity contribution in [2.75, 3.05) is 18.4 Å². The summed E-state index contributed by atoms with van der Waals surface area (Å²) in [5, 5.41) is 3.24. The molecule has 1 saturated heterocycles. The molecule has 1 aliphatic rings. The van der Waals surface area contributed by atoms with E-state index in [1.165, 1.54) is 23.9 Å². The maximum absolute atomic E-state index is 13.4. The Kier molecular flexibility index (Phi) is 6.13. The van der Waals surface area contributed by atoms with Crippen LogP contribution in [0.4, 0.5) is 10.4 Å².